The van der Waals surface area contributed by atoms with Gasteiger partial charge in [0.05, 0.1) is 11.0 Å². The zero-order valence-corrected chi connectivity index (χ0v) is 19.6. The zero-order chi connectivity index (χ0) is 24.1. The fourth-order valence-electron chi connectivity index (χ4n) is 3.48. The maximum absolute atomic E-state index is 13.0. The molecule has 0 fully saturated rings. The van der Waals surface area contributed by atoms with E-state index in [1.165, 1.54) is 0 Å². The largest absolute Gasteiger partial charge is 0.425 e. The third-order valence-electron chi connectivity index (χ3n) is 5.52. The number of nitrogens with zero attached hydrogens (tertiary/aromatic N) is 4. The molecule has 0 radical (unpaired) electrons. The number of nitrogens with one attached hydrogen (secondary N) is 3. The van der Waals surface area contributed by atoms with Crippen molar-refractivity contribution in [2.75, 3.05) is 23.0 Å². The van der Waals surface area contributed by atoms with Crippen LogP contribution in [0.5, 0.6) is 0 Å². The van der Waals surface area contributed by atoms with E-state index in [2.05, 4.69) is 36.1 Å². The number of hydrogen-bond donors (Lipinski definition) is 3. The minimum Gasteiger partial charge on any atom is -0.425 e. The topological polar surface area (TPSA) is 118 Å². The number of aryl methyl sites for hydroxylation is 1. The van der Waals surface area contributed by atoms with Crippen LogP contribution < -0.4 is 16.0 Å². The van der Waals surface area contributed by atoms with E-state index in [4.69, 9.17) is 4.42 Å². The van der Waals surface area contributed by atoms with Crippen LogP contribution in [0.2, 0.25) is 0 Å². The van der Waals surface area contributed by atoms with E-state index in [1.54, 1.807) is 31.5 Å². The Morgan fingerprint density at radius 2 is 1.82 bits per heavy atom. The van der Waals surface area contributed by atoms with Gasteiger partial charge in [-0.1, -0.05) is 12.1 Å². The smallest absolute Gasteiger partial charge is 0.259 e. The van der Waals surface area contributed by atoms with Gasteiger partial charge in [0, 0.05) is 38.6 Å². The standard InChI is InChI=1S/C25H27N7O2/c1-16-31-32-24(34-16)25(2,3)18-7-9-19(10-8-18)30-23(33)20-6-5-12-28-22(20)29-15-17-11-13-27-21(14-17)26-4/h5-14H,15H2,1-4H3,(H,26,27)(H,28,29)(H,30,33). The first-order chi connectivity index (χ1) is 16.4. The van der Waals surface area contributed by atoms with Crippen LogP contribution in [-0.2, 0) is 12.0 Å². The summed E-state index contributed by atoms with van der Waals surface area (Å²) in [5, 5.41) is 17.3. The van der Waals surface area contributed by atoms with Gasteiger partial charge >= 0.3 is 0 Å². The summed E-state index contributed by atoms with van der Waals surface area (Å²) in [5.74, 6) is 2.11. The van der Waals surface area contributed by atoms with Gasteiger partial charge in [-0.3, -0.25) is 4.79 Å². The van der Waals surface area contributed by atoms with Gasteiger partial charge in [0.15, 0.2) is 0 Å². The molecule has 3 aromatic heterocycles. The first-order valence-corrected chi connectivity index (χ1v) is 10.9. The number of amides is 1. The van der Waals surface area contributed by atoms with Crippen LogP contribution in [0, 0.1) is 6.92 Å². The molecule has 9 heteroatoms. The molecule has 0 spiro atoms. The summed E-state index contributed by atoms with van der Waals surface area (Å²) >= 11 is 0. The van der Waals surface area contributed by atoms with E-state index < -0.39 is 5.41 Å². The Bertz CT molecular complexity index is 1280. The lowest BCUT2D eigenvalue weighted by Crippen LogP contribution is -2.20. The van der Waals surface area contributed by atoms with Crippen molar-refractivity contribution < 1.29 is 9.21 Å². The quantitative estimate of drug-likeness (QED) is 0.356. The van der Waals surface area contributed by atoms with Crippen LogP contribution >= 0.6 is 0 Å². The maximum atomic E-state index is 13.0. The third-order valence-corrected chi connectivity index (χ3v) is 5.52. The molecule has 0 saturated carbocycles. The molecule has 0 aliphatic heterocycles. The lowest BCUT2D eigenvalue weighted by Gasteiger charge is -2.21. The molecule has 4 aromatic rings. The molecule has 174 valence electrons. The molecule has 0 atom stereocenters. The van der Waals surface area contributed by atoms with Crippen molar-refractivity contribution in [3.63, 3.8) is 0 Å². The molecule has 3 N–H and O–H groups in total. The predicted octanol–water partition coefficient (Wildman–Crippen LogP) is 4.40. The molecule has 34 heavy (non-hydrogen) atoms. The minimum absolute atomic E-state index is 0.249. The SMILES string of the molecule is CNc1cc(CNc2ncccc2C(=O)Nc2ccc(C(C)(C)c3nnc(C)o3)cc2)ccn1. The maximum Gasteiger partial charge on any atom is 0.259 e. The van der Waals surface area contributed by atoms with Crippen LogP contribution in [0.4, 0.5) is 17.3 Å². The number of benzene rings is 1. The van der Waals surface area contributed by atoms with Crippen LogP contribution in [0.15, 0.2) is 65.3 Å². The first kappa shape index (κ1) is 22.9. The van der Waals surface area contributed by atoms with E-state index in [1.807, 2.05) is 57.3 Å². The van der Waals surface area contributed by atoms with E-state index in [0.29, 0.717) is 35.4 Å². The Morgan fingerprint density at radius 1 is 1.03 bits per heavy atom. The monoisotopic (exact) mass is 457 g/mol. The average molecular weight is 458 g/mol. The van der Waals surface area contributed by atoms with Crippen molar-refractivity contribution in [1.82, 2.24) is 20.2 Å². The highest BCUT2D eigenvalue weighted by atomic mass is 16.4. The zero-order valence-electron chi connectivity index (χ0n) is 19.6. The molecule has 0 aliphatic carbocycles. The van der Waals surface area contributed by atoms with Gasteiger partial charge in [-0.15, -0.1) is 10.2 Å². The summed E-state index contributed by atoms with van der Waals surface area (Å²) in [6.07, 6.45) is 3.39. The van der Waals surface area contributed by atoms with Crippen molar-refractivity contribution >= 4 is 23.2 Å². The fraction of sp³-hybridized carbons (Fsp3) is 0.240. The van der Waals surface area contributed by atoms with Gasteiger partial charge in [-0.05, 0) is 61.4 Å². The second kappa shape index (κ2) is 9.70. The predicted molar refractivity (Wildman–Crippen MR) is 131 cm³/mol. The second-order valence-corrected chi connectivity index (χ2v) is 8.34. The Labute approximate surface area is 198 Å². The number of carbonyl (C=O) groups is 1. The summed E-state index contributed by atoms with van der Waals surface area (Å²) in [5.41, 5.74) is 2.69. The lowest BCUT2D eigenvalue weighted by atomic mass is 9.84. The third kappa shape index (κ3) is 5.03. The highest BCUT2D eigenvalue weighted by Gasteiger charge is 2.29. The lowest BCUT2D eigenvalue weighted by molar-refractivity contribution is 0.102. The number of hydrogen-bond acceptors (Lipinski definition) is 8. The van der Waals surface area contributed by atoms with Crippen molar-refractivity contribution in [3.8, 4) is 0 Å². The van der Waals surface area contributed by atoms with E-state index in [0.717, 1.165) is 16.9 Å². The molecular weight excluding hydrogens is 430 g/mol. The molecule has 0 aliphatic rings. The minimum atomic E-state index is -0.454. The Hall–Kier alpha value is -4.27. The van der Waals surface area contributed by atoms with Gasteiger partial charge in [0.25, 0.3) is 5.91 Å². The van der Waals surface area contributed by atoms with Crippen molar-refractivity contribution in [2.45, 2.75) is 32.7 Å². The van der Waals surface area contributed by atoms with Crippen molar-refractivity contribution in [1.29, 1.82) is 0 Å². The Kier molecular flexibility index (Phi) is 6.53. The molecular formula is C25H27N7O2. The van der Waals surface area contributed by atoms with Crippen molar-refractivity contribution in [3.05, 3.63) is 89.4 Å². The summed E-state index contributed by atoms with van der Waals surface area (Å²) in [6.45, 7) is 6.31. The van der Waals surface area contributed by atoms with E-state index in [9.17, 15) is 4.79 Å². The molecule has 1 aromatic carbocycles. The summed E-state index contributed by atoms with van der Waals surface area (Å²) in [7, 11) is 1.82. The number of anilines is 3. The number of carbonyl (C=O) groups excluding carboxylic acids is 1. The summed E-state index contributed by atoms with van der Waals surface area (Å²) in [4.78, 5) is 21.6. The molecule has 1 amide bonds. The number of rotatable bonds is 8. The molecule has 0 unspecified atom stereocenters. The van der Waals surface area contributed by atoms with Crippen LogP contribution in [0.3, 0.4) is 0 Å². The fourth-order valence-corrected chi connectivity index (χ4v) is 3.48. The molecule has 0 saturated heterocycles. The normalized spacial score (nSPS) is 11.2. The molecule has 3 heterocycles. The molecule has 4 rings (SSSR count). The first-order valence-electron chi connectivity index (χ1n) is 10.9. The summed E-state index contributed by atoms with van der Waals surface area (Å²) in [6, 6.07) is 14.9. The van der Waals surface area contributed by atoms with Crippen molar-refractivity contribution in [2.24, 2.45) is 0 Å². The van der Waals surface area contributed by atoms with Gasteiger partial charge in [-0.25, -0.2) is 9.97 Å². The van der Waals surface area contributed by atoms with Gasteiger partial charge in [-0.2, -0.15) is 0 Å². The molecule has 0 bridgehead atoms. The van der Waals surface area contributed by atoms with E-state index >= 15 is 0 Å². The van der Waals surface area contributed by atoms with Gasteiger partial charge < -0.3 is 20.4 Å². The van der Waals surface area contributed by atoms with Crippen LogP contribution in [0.25, 0.3) is 0 Å². The highest BCUT2D eigenvalue weighted by Crippen LogP contribution is 2.31. The Balaban J connectivity index is 1.45. The Morgan fingerprint density at radius 3 is 2.53 bits per heavy atom. The number of pyridine rings is 2. The van der Waals surface area contributed by atoms with E-state index in [-0.39, 0.29) is 5.91 Å². The highest BCUT2D eigenvalue weighted by molar-refractivity contribution is 6.07. The number of aromatic nitrogens is 4. The summed E-state index contributed by atoms with van der Waals surface area (Å²) < 4.78 is 5.62. The van der Waals surface area contributed by atoms with Crippen LogP contribution in [-0.4, -0.2) is 33.1 Å². The molecule has 9 nitrogen and oxygen atoms in total. The second-order valence-electron chi connectivity index (χ2n) is 8.34. The van der Waals surface area contributed by atoms with Gasteiger partial charge in [0.2, 0.25) is 11.8 Å². The van der Waals surface area contributed by atoms with Gasteiger partial charge in [0.1, 0.15) is 11.6 Å². The van der Waals surface area contributed by atoms with Crippen LogP contribution in [0.1, 0.15) is 47.1 Å². The average Bonchev–Trinajstić information content (AvgIpc) is 3.30.